The minimum atomic E-state index is -0.235. The Morgan fingerprint density at radius 1 is 1.32 bits per heavy atom. The van der Waals surface area contributed by atoms with E-state index in [1.165, 1.54) is 5.01 Å². The van der Waals surface area contributed by atoms with Gasteiger partial charge in [-0.15, -0.1) is 11.3 Å². The molecule has 2 saturated heterocycles. The summed E-state index contributed by atoms with van der Waals surface area (Å²) in [7, 11) is 0. The summed E-state index contributed by atoms with van der Waals surface area (Å²) in [6.45, 7) is 6.04. The van der Waals surface area contributed by atoms with Crippen molar-refractivity contribution in [2.45, 2.75) is 51.0 Å². The van der Waals surface area contributed by atoms with Crippen LogP contribution in [0.2, 0.25) is 0 Å². The molecule has 2 aliphatic heterocycles. The largest absolute Gasteiger partial charge is 0.341 e. The fourth-order valence-corrected chi connectivity index (χ4v) is 4.43. The Balaban J connectivity index is 1.64. The molecule has 0 unspecified atom stereocenters. The number of piperidine rings is 1. The second kappa shape index (κ2) is 5.99. The lowest BCUT2D eigenvalue weighted by molar-refractivity contribution is -0.143. The molecule has 1 aromatic rings. The number of carbonyl (C=O) groups excluding carboxylic acids is 2. The zero-order valence-electron chi connectivity index (χ0n) is 13.2. The smallest absolute Gasteiger partial charge is 0.245 e. The van der Waals surface area contributed by atoms with E-state index < -0.39 is 0 Å². The first kappa shape index (κ1) is 15.5. The molecule has 0 N–H and O–H groups in total. The third-order valence-corrected chi connectivity index (χ3v) is 6.15. The molecule has 0 spiro atoms. The fourth-order valence-electron chi connectivity index (χ4n) is 3.57. The van der Waals surface area contributed by atoms with E-state index in [0.717, 1.165) is 45.3 Å². The highest BCUT2D eigenvalue weighted by Gasteiger charge is 2.39. The molecule has 1 aromatic heterocycles. The average Bonchev–Trinajstić information content (AvgIpc) is 3.19. The average molecular weight is 321 g/mol. The van der Waals surface area contributed by atoms with E-state index in [0.29, 0.717) is 0 Å². The second-order valence-corrected chi connectivity index (χ2v) is 7.49. The Morgan fingerprint density at radius 2 is 2.05 bits per heavy atom. The number of rotatable bonds is 2. The van der Waals surface area contributed by atoms with Crippen molar-refractivity contribution in [3.05, 3.63) is 16.6 Å². The van der Waals surface area contributed by atoms with E-state index in [1.807, 2.05) is 16.5 Å². The molecule has 0 bridgehead atoms. The maximum atomic E-state index is 12.7. The van der Waals surface area contributed by atoms with Gasteiger partial charge in [0.2, 0.25) is 11.8 Å². The number of aromatic nitrogens is 1. The molecule has 0 aromatic carbocycles. The molecule has 22 heavy (non-hydrogen) atoms. The van der Waals surface area contributed by atoms with Crippen LogP contribution in [0.25, 0.3) is 0 Å². The van der Waals surface area contributed by atoms with Crippen LogP contribution in [0.15, 0.2) is 11.6 Å². The molecule has 3 rings (SSSR count). The number of carbonyl (C=O) groups is 2. The Labute approximate surface area is 135 Å². The van der Waals surface area contributed by atoms with Crippen LogP contribution in [0, 0.1) is 0 Å². The van der Waals surface area contributed by atoms with E-state index in [1.54, 1.807) is 23.2 Å². The Hall–Kier alpha value is -1.43. The van der Waals surface area contributed by atoms with Crippen LogP contribution in [-0.4, -0.2) is 52.3 Å². The van der Waals surface area contributed by atoms with Gasteiger partial charge in [-0.05, 0) is 25.7 Å². The quantitative estimate of drug-likeness (QED) is 0.837. The van der Waals surface area contributed by atoms with Gasteiger partial charge in [-0.25, -0.2) is 4.98 Å². The fraction of sp³-hybridized carbons (Fsp3) is 0.688. The van der Waals surface area contributed by atoms with E-state index >= 15 is 0 Å². The summed E-state index contributed by atoms with van der Waals surface area (Å²) in [6, 6.07) is -0.235. The van der Waals surface area contributed by atoms with Gasteiger partial charge in [-0.1, -0.05) is 6.92 Å². The van der Waals surface area contributed by atoms with E-state index in [-0.39, 0.29) is 23.3 Å². The van der Waals surface area contributed by atoms with E-state index in [9.17, 15) is 9.59 Å². The lowest BCUT2D eigenvalue weighted by Crippen LogP contribution is -2.51. The SMILES string of the molecule is CC(=O)N1CCC[C@@H]1C(=O)N1CCC(C)(c2nccs2)CC1. The summed E-state index contributed by atoms with van der Waals surface area (Å²) in [5.41, 5.74) is 0.0842. The molecule has 2 amide bonds. The third-order valence-electron chi connectivity index (χ3n) is 5.07. The van der Waals surface area contributed by atoms with Gasteiger partial charge in [-0.3, -0.25) is 9.59 Å². The molecule has 6 heteroatoms. The van der Waals surface area contributed by atoms with Crippen LogP contribution in [0.1, 0.15) is 44.5 Å². The highest BCUT2D eigenvalue weighted by molar-refractivity contribution is 7.09. The highest BCUT2D eigenvalue weighted by Crippen LogP contribution is 2.36. The summed E-state index contributed by atoms with van der Waals surface area (Å²) in [5.74, 6) is 0.148. The molecular formula is C16H23N3O2S. The molecule has 0 saturated carbocycles. The van der Waals surface area contributed by atoms with Gasteiger partial charge in [0, 0.05) is 43.5 Å². The van der Waals surface area contributed by atoms with Crippen molar-refractivity contribution in [1.82, 2.24) is 14.8 Å². The number of thiazole rings is 1. The molecule has 0 aliphatic carbocycles. The van der Waals surface area contributed by atoms with Gasteiger partial charge in [-0.2, -0.15) is 0 Å². The number of hydrogen-bond donors (Lipinski definition) is 0. The lowest BCUT2D eigenvalue weighted by Gasteiger charge is -2.39. The van der Waals surface area contributed by atoms with Crippen LogP contribution >= 0.6 is 11.3 Å². The van der Waals surface area contributed by atoms with Crippen LogP contribution in [0.3, 0.4) is 0 Å². The zero-order chi connectivity index (χ0) is 15.7. The summed E-state index contributed by atoms with van der Waals surface area (Å²) in [6.07, 6.45) is 5.48. The van der Waals surface area contributed by atoms with Gasteiger partial charge in [0.05, 0.1) is 5.01 Å². The van der Waals surface area contributed by atoms with Gasteiger partial charge < -0.3 is 9.80 Å². The minimum absolute atomic E-state index is 0.0143. The Kier molecular flexibility index (Phi) is 4.21. The topological polar surface area (TPSA) is 53.5 Å². The molecule has 2 aliphatic rings. The van der Waals surface area contributed by atoms with Gasteiger partial charge in [0.1, 0.15) is 6.04 Å². The van der Waals surface area contributed by atoms with Crippen molar-refractivity contribution in [3.8, 4) is 0 Å². The van der Waals surface area contributed by atoms with E-state index in [2.05, 4.69) is 11.9 Å². The van der Waals surface area contributed by atoms with Crippen LogP contribution in [-0.2, 0) is 15.0 Å². The monoisotopic (exact) mass is 321 g/mol. The van der Waals surface area contributed by atoms with Crippen LogP contribution in [0.4, 0.5) is 0 Å². The normalized spacial score (nSPS) is 24.5. The minimum Gasteiger partial charge on any atom is -0.341 e. The first-order valence-electron chi connectivity index (χ1n) is 7.97. The molecule has 1 atom stereocenters. The molecule has 3 heterocycles. The first-order chi connectivity index (χ1) is 10.5. The van der Waals surface area contributed by atoms with Crippen molar-refractivity contribution in [2.24, 2.45) is 0 Å². The maximum absolute atomic E-state index is 12.7. The van der Waals surface area contributed by atoms with Crippen molar-refractivity contribution in [3.63, 3.8) is 0 Å². The van der Waals surface area contributed by atoms with Gasteiger partial charge in [0.25, 0.3) is 0 Å². The lowest BCUT2D eigenvalue weighted by atomic mass is 9.81. The number of amides is 2. The third kappa shape index (κ3) is 2.76. The van der Waals surface area contributed by atoms with Crippen molar-refractivity contribution < 1.29 is 9.59 Å². The maximum Gasteiger partial charge on any atom is 0.245 e. The van der Waals surface area contributed by atoms with Crippen LogP contribution in [0.5, 0.6) is 0 Å². The Morgan fingerprint density at radius 3 is 2.64 bits per heavy atom. The second-order valence-electron chi connectivity index (χ2n) is 6.59. The predicted octanol–water partition coefficient (Wildman–Crippen LogP) is 2.03. The Bertz CT molecular complexity index is 550. The van der Waals surface area contributed by atoms with Crippen molar-refractivity contribution in [1.29, 1.82) is 0 Å². The summed E-state index contributed by atoms with van der Waals surface area (Å²) in [4.78, 5) is 32.5. The standard InChI is InChI=1S/C16H23N3O2S/c1-12(20)19-8-3-4-13(19)14(21)18-9-5-16(2,6-10-18)15-17-7-11-22-15/h7,11,13H,3-6,8-10H2,1-2H3/t13-/m1/s1. The molecule has 2 fully saturated rings. The summed E-state index contributed by atoms with van der Waals surface area (Å²) >= 11 is 1.70. The molecular weight excluding hydrogens is 298 g/mol. The molecule has 0 radical (unpaired) electrons. The zero-order valence-corrected chi connectivity index (χ0v) is 14.1. The number of likely N-dealkylation sites (tertiary alicyclic amines) is 2. The van der Waals surface area contributed by atoms with Crippen molar-refractivity contribution in [2.75, 3.05) is 19.6 Å². The van der Waals surface area contributed by atoms with Crippen molar-refractivity contribution >= 4 is 23.2 Å². The molecule has 5 nitrogen and oxygen atoms in total. The first-order valence-corrected chi connectivity index (χ1v) is 8.85. The number of nitrogens with zero attached hydrogens (tertiary/aromatic N) is 3. The number of hydrogen-bond acceptors (Lipinski definition) is 4. The van der Waals surface area contributed by atoms with Crippen LogP contribution < -0.4 is 0 Å². The van der Waals surface area contributed by atoms with Gasteiger partial charge >= 0.3 is 0 Å². The summed E-state index contributed by atoms with van der Waals surface area (Å²) in [5, 5.41) is 3.19. The summed E-state index contributed by atoms with van der Waals surface area (Å²) < 4.78 is 0. The molecule has 120 valence electrons. The highest BCUT2D eigenvalue weighted by atomic mass is 32.1. The van der Waals surface area contributed by atoms with Gasteiger partial charge in [0.15, 0.2) is 0 Å². The van der Waals surface area contributed by atoms with E-state index in [4.69, 9.17) is 0 Å². The predicted molar refractivity (Wildman–Crippen MR) is 85.7 cm³/mol.